The van der Waals surface area contributed by atoms with E-state index < -0.39 is 0 Å². The van der Waals surface area contributed by atoms with E-state index in [-0.39, 0.29) is 5.91 Å². The first kappa shape index (κ1) is 14.9. The summed E-state index contributed by atoms with van der Waals surface area (Å²) in [7, 11) is 3.98. The van der Waals surface area contributed by atoms with Crippen LogP contribution in [-0.2, 0) is 11.2 Å². The van der Waals surface area contributed by atoms with Crippen molar-refractivity contribution in [2.24, 2.45) is 0 Å². The van der Waals surface area contributed by atoms with Crippen molar-refractivity contribution in [2.45, 2.75) is 13.3 Å². The second-order valence-corrected chi connectivity index (χ2v) is 5.36. The number of nitrogens with one attached hydrogen (secondary N) is 1. The number of nitrogen functional groups attached to an aromatic ring is 1. The van der Waals surface area contributed by atoms with Crippen LogP contribution in [0.5, 0.6) is 0 Å². The van der Waals surface area contributed by atoms with Gasteiger partial charge in [0.25, 0.3) is 0 Å². The van der Waals surface area contributed by atoms with Gasteiger partial charge in [0, 0.05) is 31.2 Å². The van der Waals surface area contributed by atoms with Crippen molar-refractivity contribution in [3.8, 4) is 0 Å². The fourth-order valence-electron chi connectivity index (χ4n) is 2.20. The molecule has 0 heterocycles. The Bertz CT molecular complexity index is 633. The summed E-state index contributed by atoms with van der Waals surface area (Å²) < 4.78 is 0. The number of carbonyl (C=O) groups is 1. The molecule has 2 rings (SSSR count). The Morgan fingerprint density at radius 3 is 2.43 bits per heavy atom. The summed E-state index contributed by atoms with van der Waals surface area (Å²) in [5.74, 6) is -0.0340. The predicted molar refractivity (Wildman–Crippen MR) is 88.7 cm³/mol. The van der Waals surface area contributed by atoms with E-state index in [1.54, 1.807) is 12.1 Å². The first-order chi connectivity index (χ1) is 9.95. The van der Waals surface area contributed by atoms with Gasteiger partial charge in [-0.3, -0.25) is 4.79 Å². The molecule has 0 unspecified atom stereocenters. The molecule has 2 aromatic rings. The zero-order valence-corrected chi connectivity index (χ0v) is 12.7. The van der Waals surface area contributed by atoms with Gasteiger partial charge in [0.15, 0.2) is 0 Å². The maximum absolute atomic E-state index is 12.1. The fraction of sp³-hybridized carbons (Fsp3) is 0.235. The van der Waals surface area contributed by atoms with Crippen LogP contribution in [0.3, 0.4) is 0 Å². The number of anilines is 3. The third-order valence-electron chi connectivity index (χ3n) is 3.32. The average molecular weight is 283 g/mol. The van der Waals surface area contributed by atoms with Gasteiger partial charge in [0.05, 0.1) is 6.42 Å². The summed E-state index contributed by atoms with van der Waals surface area (Å²) in [6, 6.07) is 13.3. The van der Waals surface area contributed by atoms with Crippen molar-refractivity contribution in [3.05, 3.63) is 53.6 Å². The number of amides is 1. The van der Waals surface area contributed by atoms with Crippen LogP contribution in [0.25, 0.3) is 0 Å². The average Bonchev–Trinajstić information content (AvgIpc) is 2.43. The lowest BCUT2D eigenvalue weighted by Crippen LogP contribution is -2.16. The summed E-state index contributed by atoms with van der Waals surface area (Å²) in [5.41, 5.74) is 10.4. The number of aryl methyl sites for hydroxylation is 1. The molecule has 0 aliphatic rings. The zero-order chi connectivity index (χ0) is 15.4. The molecule has 1 amide bonds. The van der Waals surface area contributed by atoms with E-state index in [9.17, 15) is 4.79 Å². The van der Waals surface area contributed by atoms with Crippen LogP contribution in [0.15, 0.2) is 42.5 Å². The highest BCUT2D eigenvalue weighted by Gasteiger charge is 2.07. The van der Waals surface area contributed by atoms with Gasteiger partial charge in [-0.05, 0) is 42.3 Å². The maximum atomic E-state index is 12.1. The first-order valence-corrected chi connectivity index (χ1v) is 6.88. The molecule has 0 aliphatic heterocycles. The van der Waals surface area contributed by atoms with E-state index in [4.69, 9.17) is 5.73 Å². The molecule has 0 radical (unpaired) electrons. The smallest absolute Gasteiger partial charge is 0.228 e. The van der Waals surface area contributed by atoms with Crippen LogP contribution < -0.4 is 16.0 Å². The van der Waals surface area contributed by atoms with Crippen LogP contribution in [-0.4, -0.2) is 20.0 Å². The number of nitrogens with zero attached hydrogens (tertiary/aromatic N) is 1. The van der Waals surface area contributed by atoms with Crippen molar-refractivity contribution in [1.29, 1.82) is 0 Å². The number of carbonyl (C=O) groups excluding carboxylic acids is 1. The number of hydrogen-bond acceptors (Lipinski definition) is 3. The van der Waals surface area contributed by atoms with Crippen molar-refractivity contribution >= 4 is 23.0 Å². The van der Waals surface area contributed by atoms with Gasteiger partial charge >= 0.3 is 0 Å². The van der Waals surface area contributed by atoms with Gasteiger partial charge in [0.2, 0.25) is 5.91 Å². The molecule has 3 N–H and O–H groups in total. The van der Waals surface area contributed by atoms with Gasteiger partial charge in [0.1, 0.15) is 0 Å². The quantitative estimate of drug-likeness (QED) is 0.848. The minimum absolute atomic E-state index is 0.0340. The third kappa shape index (κ3) is 3.99. The minimum atomic E-state index is -0.0340. The highest BCUT2D eigenvalue weighted by atomic mass is 16.1. The minimum Gasteiger partial charge on any atom is -0.399 e. The Morgan fingerprint density at radius 1 is 1.14 bits per heavy atom. The molecular weight excluding hydrogens is 262 g/mol. The Hall–Kier alpha value is -2.49. The SMILES string of the molecule is Cc1ccc(NC(=O)Cc2ccc(N)cc2)cc1N(C)C. The molecule has 0 aliphatic carbocycles. The van der Waals surface area contributed by atoms with Crippen molar-refractivity contribution in [2.75, 3.05) is 30.0 Å². The number of nitrogens with two attached hydrogens (primary N) is 1. The lowest BCUT2D eigenvalue weighted by molar-refractivity contribution is -0.115. The Kier molecular flexibility index (Phi) is 4.48. The number of hydrogen-bond donors (Lipinski definition) is 2. The summed E-state index contributed by atoms with van der Waals surface area (Å²) >= 11 is 0. The third-order valence-corrected chi connectivity index (χ3v) is 3.32. The summed E-state index contributed by atoms with van der Waals surface area (Å²) in [6.07, 6.45) is 0.339. The lowest BCUT2D eigenvalue weighted by atomic mass is 10.1. The van der Waals surface area contributed by atoms with E-state index in [0.717, 1.165) is 16.9 Å². The molecule has 0 fully saturated rings. The molecule has 0 saturated heterocycles. The highest BCUT2D eigenvalue weighted by Crippen LogP contribution is 2.22. The monoisotopic (exact) mass is 283 g/mol. The topological polar surface area (TPSA) is 58.4 Å². The van der Waals surface area contributed by atoms with Crippen LogP contribution in [0, 0.1) is 6.92 Å². The van der Waals surface area contributed by atoms with Crippen molar-refractivity contribution in [1.82, 2.24) is 0 Å². The van der Waals surface area contributed by atoms with Crippen LogP contribution in [0.2, 0.25) is 0 Å². The van der Waals surface area contributed by atoms with Crippen LogP contribution in [0.4, 0.5) is 17.1 Å². The van der Waals surface area contributed by atoms with E-state index in [0.29, 0.717) is 12.1 Å². The number of rotatable bonds is 4. The second kappa shape index (κ2) is 6.31. The zero-order valence-electron chi connectivity index (χ0n) is 12.7. The van der Waals surface area contributed by atoms with E-state index in [1.165, 1.54) is 5.56 Å². The standard InChI is InChI=1S/C17H21N3O/c1-12-4-9-15(11-16(12)20(2)3)19-17(21)10-13-5-7-14(18)8-6-13/h4-9,11H,10,18H2,1-3H3,(H,19,21). The number of benzene rings is 2. The van der Waals surface area contributed by atoms with Gasteiger partial charge < -0.3 is 16.0 Å². The van der Waals surface area contributed by atoms with Crippen molar-refractivity contribution in [3.63, 3.8) is 0 Å². The first-order valence-electron chi connectivity index (χ1n) is 6.88. The Balaban J connectivity index is 2.06. The summed E-state index contributed by atoms with van der Waals surface area (Å²) in [6.45, 7) is 2.05. The molecule has 4 heteroatoms. The fourth-order valence-corrected chi connectivity index (χ4v) is 2.20. The van der Waals surface area contributed by atoms with E-state index >= 15 is 0 Å². The van der Waals surface area contributed by atoms with E-state index in [1.807, 2.05) is 49.3 Å². The molecule has 2 aromatic carbocycles. The van der Waals surface area contributed by atoms with Gasteiger partial charge in [-0.15, -0.1) is 0 Å². The molecule has 0 atom stereocenters. The maximum Gasteiger partial charge on any atom is 0.228 e. The second-order valence-electron chi connectivity index (χ2n) is 5.36. The van der Waals surface area contributed by atoms with Gasteiger partial charge in [-0.25, -0.2) is 0 Å². The molecule has 0 bridgehead atoms. The summed E-state index contributed by atoms with van der Waals surface area (Å²) in [5, 5.41) is 2.93. The van der Waals surface area contributed by atoms with Crippen molar-refractivity contribution < 1.29 is 4.79 Å². The molecule has 0 spiro atoms. The predicted octanol–water partition coefficient (Wildman–Crippen LogP) is 2.82. The van der Waals surface area contributed by atoms with Crippen LogP contribution >= 0.6 is 0 Å². The lowest BCUT2D eigenvalue weighted by Gasteiger charge is -2.17. The molecule has 4 nitrogen and oxygen atoms in total. The normalized spacial score (nSPS) is 10.2. The Morgan fingerprint density at radius 2 is 1.81 bits per heavy atom. The molecular formula is C17H21N3O. The molecule has 0 saturated carbocycles. The van der Waals surface area contributed by atoms with E-state index in [2.05, 4.69) is 12.2 Å². The molecule has 21 heavy (non-hydrogen) atoms. The highest BCUT2D eigenvalue weighted by molar-refractivity contribution is 5.92. The van der Waals surface area contributed by atoms with Crippen LogP contribution in [0.1, 0.15) is 11.1 Å². The van der Waals surface area contributed by atoms with Gasteiger partial charge in [-0.2, -0.15) is 0 Å². The largest absolute Gasteiger partial charge is 0.399 e. The molecule has 110 valence electrons. The molecule has 0 aromatic heterocycles. The Labute approximate surface area is 125 Å². The van der Waals surface area contributed by atoms with Gasteiger partial charge in [-0.1, -0.05) is 18.2 Å². The summed E-state index contributed by atoms with van der Waals surface area (Å²) in [4.78, 5) is 14.1.